The molecule has 0 radical (unpaired) electrons. The fourth-order valence-electron chi connectivity index (χ4n) is 3.19. The van der Waals surface area contributed by atoms with Crippen LogP contribution in [0.1, 0.15) is 54.8 Å². The van der Waals surface area contributed by atoms with Gasteiger partial charge in [0.1, 0.15) is 6.04 Å². The van der Waals surface area contributed by atoms with Crippen LogP contribution in [0, 0.1) is 11.8 Å². The molecule has 0 aliphatic rings. The summed E-state index contributed by atoms with van der Waals surface area (Å²) >= 11 is 0. The predicted octanol–water partition coefficient (Wildman–Crippen LogP) is 4.52. The van der Waals surface area contributed by atoms with Gasteiger partial charge in [-0.2, -0.15) is 0 Å². The van der Waals surface area contributed by atoms with Crippen LogP contribution in [-0.2, 0) is 9.59 Å². The van der Waals surface area contributed by atoms with Crippen LogP contribution in [0.5, 0.6) is 0 Å². The number of rotatable bonds is 12. The Labute approximate surface area is 212 Å². The first-order valence-electron chi connectivity index (χ1n) is 11.1. The number of carboxylic acids is 2. The van der Waals surface area contributed by atoms with Gasteiger partial charge in [-0.25, -0.2) is 9.59 Å². The van der Waals surface area contributed by atoms with Crippen molar-refractivity contribution in [1.82, 2.24) is 10.6 Å². The third-order valence-electron chi connectivity index (χ3n) is 5.17. The van der Waals surface area contributed by atoms with Gasteiger partial charge < -0.3 is 20.8 Å². The molecule has 0 aliphatic heterocycles. The van der Waals surface area contributed by atoms with Crippen molar-refractivity contribution in [2.75, 3.05) is 0 Å². The molecule has 0 aliphatic carbocycles. The number of carbonyl (C=O) groups is 4. The number of carboxylic acid groups (broad SMARTS) is 2. The Morgan fingerprint density at radius 1 is 0.886 bits per heavy atom. The molecule has 2 atom stereocenters. The first-order valence-corrected chi connectivity index (χ1v) is 13.2. The van der Waals surface area contributed by atoms with Crippen molar-refractivity contribution >= 4 is 45.3 Å². The van der Waals surface area contributed by atoms with Gasteiger partial charge in [-0.1, -0.05) is 68.8 Å². The van der Waals surface area contributed by atoms with Gasteiger partial charge in [-0.3, -0.25) is 9.59 Å². The lowest BCUT2D eigenvalue weighted by atomic mass is 10.0. The van der Waals surface area contributed by atoms with Crippen molar-refractivity contribution in [2.45, 2.75) is 49.9 Å². The second-order valence-corrected chi connectivity index (χ2v) is 11.1. The summed E-state index contributed by atoms with van der Waals surface area (Å²) in [4.78, 5) is 48.5. The topological polar surface area (TPSA) is 133 Å². The summed E-state index contributed by atoms with van der Waals surface area (Å²) in [5.41, 5.74) is 0.548. The Morgan fingerprint density at radius 3 is 2.03 bits per heavy atom. The standard InChI is InChI=1S/C25H30N2O6S2/c1-15(2)14-19(23(30)31)26-22(29)18-12-8-9-13-20(18)34-35-25(16(3)4,24(32)33)27-21(28)17-10-6-5-7-11-17/h5-13,15-16,19H,14H2,1-4H3,(H,26,29)(H,27,28)(H,30,31)(H,32,33). The van der Waals surface area contributed by atoms with E-state index in [-0.39, 0.29) is 17.9 Å². The molecule has 2 rings (SSSR count). The van der Waals surface area contributed by atoms with E-state index in [1.807, 2.05) is 13.8 Å². The summed E-state index contributed by atoms with van der Waals surface area (Å²) in [7, 11) is 1.96. The van der Waals surface area contributed by atoms with Crippen molar-refractivity contribution < 1.29 is 29.4 Å². The van der Waals surface area contributed by atoms with Crippen LogP contribution in [-0.4, -0.2) is 44.9 Å². The van der Waals surface area contributed by atoms with E-state index >= 15 is 0 Å². The number of nitrogens with one attached hydrogen (secondary N) is 2. The van der Waals surface area contributed by atoms with Crippen LogP contribution in [0.4, 0.5) is 0 Å². The number of amides is 2. The summed E-state index contributed by atoms with van der Waals surface area (Å²) in [5.74, 6) is -3.89. The summed E-state index contributed by atoms with van der Waals surface area (Å²) in [6.45, 7) is 7.11. The largest absolute Gasteiger partial charge is 0.480 e. The van der Waals surface area contributed by atoms with E-state index in [2.05, 4.69) is 10.6 Å². The first-order chi connectivity index (χ1) is 16.5. The van der Waals surface area contributed by atoms with Gasteiger partial charge >= 0.3 is 11.9 Å². The average molecular weight is 519 g/mol. The Hall–Kier alpha value is -2.98. The molecule has 2 unspecified atom stereocenters. The number of aliphatic carboxylic acids is 2. The van der Waals surface area contributed by atoms with Crippen LogP contribution in [0.15, 0.2) is 59.5 Å². The minimum Gasteiger partial charge on any atom is -0.480 e. The fourth-order valence-corrected chi connectivity index (χ4v) is 6.21. The van der Waals surface area contributed by atoms with E-state index in [9.17, 15) is 29.4 Å². The molecular weight excluding hydrogens is 488 g/mol. The zero-order valence-electron chi connectivity index (χ0n) is 20.0. The van der Waals surface area contributed by atoms with Gasteiger partial charge in [-0.05, 0) is 53.3 Å². The van der Waals surface area contributed by atoms with Crippen molar-refractivity contribution in [2.24, 2.45) is 11.8 Å². The maximum absolute atomic E-state index is 12.9. The quantitative estimate of drug-likeness (QED) is 0.238. The molecule has 0 spiro atoms. The summed E-state index contributed by atoms with van der Waals surface area (Å²) < 4.78 is 0. The molecule has 8 nitrogen and oxygen atoms in total. The maximum Gasteiger partial charge on any atom is 0.341 e. The molecule has 0 saturated carbocycles. The number of benzene rings is 2. The lowest BCUT2D eigenvalue weighted by molar-refractivity contribution is -0.142. The lowest BCUT2D eigenvalue weighted by Crippen LogP contribution is -2.55. The smallest absolute Gasteiger partial charge is 0.341 e. The molecule has 10 heteroatoms. The second-order valence-electron chi connectivity index (χ2n) is 8.67. The highest BCUT2D eigenvalue weighted by atomic mass is 33.1. The number of hydrogen-bond acceptors (Lipinski definition) is 6. The molecule has 2 amide bonds. The highest BCUT2D eigenvalue weighted by Gasteiger charge is 2.45. The van der Waals surface area contributed by atoms with Crippen molar-refractivity contribution in [3.8, 4) is 0 Å². The van der Waals surface area contributed by atoms with Crippen LogP contribution in [0.3, 0.4) is 0 Å². The minimum atomic E-state index is -1.69. The van der Waals surface area contributed by atoms with Crippen LogP contribution in [0.2, 0.25) is 0 Å². The molecule has 2 aromatic carbocycles. The van der Waals surface area contributed by atoms with Crippen LogP contribution >= 0.6 is 21.6 Å². The molecule has 0 heterocycles. The van der Waals surface area contributed by atoms with Crippen LogP contribution < -0.4 is 10.6 Å². The van der Waals surface area contributed by atoms with Crippen molar-refractivity contribution in [3.05, 3.63) is 65.7 Å². The number of hydrogen-bond donors (Lipinski definition) is 4. The van der Waals surface area contributed by atoms with E-state index in [1.165, 1.54) is 0 Å². The monoisotopic (exact) mass is 518 g/mol. The van der Waals surface area contributed by atoms with Crippen molar-refractivity contribution in [3.63, 3.8) is 0 Å². The Balaban J connectivity index is 2.29. The van der Waals surface area contributed by atoms with E-state index in [4.69, 9.17) is 0 Å². The van der Waals surface area contributed by atoms with Gasteiger partial charge in [0.2, 0.25) is 0 Å². The zero-order chi connectivity index (χ0) is 26.2. The molecule has 0 bridgehead atoms. The zero-order valence-corrected chi connectivity index (χ0v) is 21.6. The summed E-state index contributed by atoms with van der Waals surface area (Å²) in [5, 5.41) is 24.8. The Kier molecular flexibility index (Phi) is 10.2. The van der Waals surface area contributed by atoms with E-state index in [1.54, 1.807) is 68.4 Å². The van der Waals surface area contributed by atoms with E-state index < -0.39 is 40.6 Å². The number of carbonyl (C=O) groups excluding carboxylic acids is 2. The molecule has 0 aromatic heterocycles. The third-order valence-corrected chi connectivity index (χ3v) is 8.38. The fraction of sp³-hybridized carbons (Fsp3) is 0.360. The molecule has 0 saturated heterocycles. The maximum atomic E-state index is 12.9. The molecule has 2 aromatic rings. The highest BCUT2D eigenvalue weighted by Crippen LogP contribution is 2.45. The minimum absolute atomic E-state index is 0.0621. The highest BCUT2D eigenvalue weighted by molar-refractivity contribution is 8.77. The van der Waals surface area contributed by atoms with Gasteiger partial charge in [-0.15, -0.1) is 0 Å². The van der Waals surface area contributed by atoms with E-state index in [0.717, 1.165) is 21.6 Å². The van der Waals surface area contributed by atoms with E-state index in [0.29, 0.717) is 10.5 Å². The predicted molar refractivity (Wildman–Crippen MR) is 137 cm³/mol. The summed E-state index contributed by atoms with van der Waals surface area (Å²) in [6, 6.07) is 13.8. The normalized spacial score (nSPS) is 13.7. The van der Waals surface area contributed by atoms with Gasteiger partial charge in [0, 0.05) is 10.5 Å². The average Bonchev–Trinajstić information content (AvgIpc) is 2.81. The molecule has 35 heavy (non-hydrogen) atoms. The summed E-state index contributed by atoms with van der Waals surface area (Å²) in [6.07, 6.45) is 0.270. The molecule has 188 valence electrons. The first kappa shape index (κ1) is 28.3. The molecule has 0 fully saturated rings. The lowest BCUT2D eigenvalue weighted by Gasteiger charge is -2.33. The van der Waals surface area contributed by atoms with Gasteiger partial charge in [0.15, 0.2) is 4.87 Å². The molecule has 4 N–H and O–H groups in total. The molecular formula is C25H30N2O6S2. The van der Waals surface area contributed by atoms with Crippen molar-refractivity contribution in [1.29, 1.82) is 0 Å². The third kappa shape index (κ3) is 7.50. The van der Waals surface area contributed by atoms with Crippen LogP contribution in [0.25, 0.3) is 0 Å². The Morgan fingerprint density at radius 2 is 1.49 bits per heavy atom. The Bertz CT molecular complexity index is 1060. The van der Waals surface area contributed by atoms with Gasteiger partial charge in [0.25, 0.3) is 11.8 Å². The second kappa shape index (κ2) is 12.6. The SMILES string of the molecule is CC(C)CC(NC(=O)c1ccccc1SSC(NC(=O)c1ccccc1)(C(=O)O)C(C)C)C(=O)O. The van der Waals surface area contributed by atoms with Gasteiger partial charge in [0.05, 0.1) is 5.56 Å².